The number of unbranched alkanes of at least 4 members (excludes halogenated alkanes) is 1. The first-order chi connectivity index (χ1) is 14.5. The highest BCUT2D eigenvalue weighted by molar-refractivity contribution is 6.30. The molecule has 1 aliphatic carbocycles. The van der Waals surface area contributed by atoms with Crippen molar-refractivity contribution < 1.29 is 4.79 Å². The standard InChI is InChI=1S/C20H24ClN7O2/c1-3-4-7-27-11-12(21)8-15(20(27)30)25-17-9-14(22-2)18-23-10-16(28(18)26-17)19(29)24-13-5-6-13/h8-11,13,22H,3-7H2,1-2H3,(H,24,29)(H,25,26). The van der Waals surface area contributed by atoms with Crippen LogP contribution in [0.15, 0.2) is 29.3 Å². The number of imidazole rings is 1. The van der Waals surface area contributed by atoms with Crippen LogP contribution < -0.4 is 21.5 Å². The minimum atomic E-state index is -0.221. The predicted octanol–water partition coefficient (Wildman–Crippen LogP) is 3.02. The summed E-state index contributed by atoms with van der Waals surface area (Å²) in [5, 5.41) is 14.0. The highest BCUT2D eigenvalue weighted by atomic mass is 35.5. The minimum Gasteiger partial charge on any atom is -0.385 e. The fraction of sp³-hybridized carbons (Fsp3) is 0.400. The summed E-state index contributed by atoms with van der Waals surface area (Å²) in [6, 6.07) is 3.54. The van der Waals surface area contributed by atoms with E-state index in [-0.39, 0.29) is 17.5 Å². The van der Waals surface area contributed by atoms with Crippen molar-refractivity contribution in [3.05, 3.63) is 45.6 Å². The van der Waals surface area contributed by atoms with Crippen LogP contribution in [-0.2, 0) is 6.54 Å². The highest BCUT2D eigenvalue weighted by Crippen LogP contribution is 2.24. The summed E-state index contributed by atoms with van der Waals surface area (Å²) in [5.41, 5.74) is 1.67. The van der Waals surface area contributed by atoms with Crippen LogP contribution in [0.25, 0.3) is 5.65 Å². The molecule has 3 heterocycles. The van der Waals surface area contributed by atoms with Gasteiger partial charge in [0, 0.05) is 31.9 Å². The Morgan fingerprint density at radius 2 is 2.10 bits per heavy atom. The number of anilines is 3. The van der Waals surface area contributed by atoms with E-state index in [2.05, 4.69) is 33.0 Å². The second-order valence-corrected chi connectivity index (χ2v) is 7.81. The van der Waals surface area contributed by atoms with Crippen LogP contribution in [0.3, 0.4) is 0 Å². The van der Waals surface area contributed by atoms with E-state index in [0.29, 0.717) is 40.1 Å². The van der Waals surface area contributed by atoms with Gasteiger partial charge in [0.05, 0.1) is 16.9 Å². The van der Waals surface area contributed by atoms with Gasteiger partial charge >= 0.3 is 0 Å². The highest BCUT2D eigenvalue weighted by Gasteiger charge is 2.26. The summed E-state index contributed by atoms with van der Waals surface area (Å²) >= 11 is 6.22. The number of amides is 1. The Bertz CT molecular complexity index is 1150. The third-order valence-corrected chi connectivity index (χ3v) is 5.16. The van der Waals surface area contributed by atoms with E-state index < -0.39 is 0 Å². The van der Waals surface area contributed by atoms with Crippen LogP contribution in [0.2, 0.25) is 5.02 Å². The molecule has 3 aromatic rings. The van der Waals surface area contributed by atoms with Crippen molar-refractivity contribution in [2.24, 2.45) is 0 Å². The van der Waals surface area contributed by atoms with E-state index in [1.165, 1.54) is 10.7 Å². The Morgan fingerprint density at radius 1 is 1.30 bits per heavy atom. The molecule has 0 spiro atoms. The molecule has 0 aliphatic heterocycles. The topological polar surface area (TPSA) is 105 Å². The molecule has 0 aromatic carbocycles. The lowest BCUT2D eigenvalue weighted by atomic mass is 10.3. The van der Waals surface area contributed by atoms with Crippen molar-refractivity contribution in [2.75, 3.05) is 17.7 Å². The molecule has 158 valence electrons. The smallest absolute Gasteiger partial charge is 0.274 e. The monoisotopic (exact) mass is 429 g/mol. The quantitative estimate of drug-likeness (QED) is 0.508. The molecule has 0 radical (unpaired) electrons. The molecule has 0 bridgehead atoms. The van der Waals surface area contributed by atoms with Gasteiger partial charge < -0.3 is 20.5 Å². The van der Waals surface area contributed by atoms with E-state index in [4.69, 9.17) is 11.6 Å². The molecule has 1 saturated carbocycles. The van der Waals surface area contributed by atoms with Gasteiger partial charge in [-0.3, -0.25) is 9.59 Å². The van der Waals surface area contributed by atoms with E-state index in [1.54, 1.807) is 29.9 Å². The summed E-state index contributed by atoms with van der Waals surface area (Å²) in [5.74, 6) is 0.174. The van der Waals surface area contributed by atoms with Crippen molar-refractivity contribution in [1.29, 1.82) is 0 Å². The number of aromatic nitrogens is 4. The molecule has 0 unspecified atom stereocenters. The molecule has 4 rings (SSSR count). The van der Waals surface area contributed by atoms with Gasteiger partial charge in [-0.1, -0.05) is 24.9 Å². The van der Waals surface area contributed by atoms with E-state index in [0.717, 1.165) is 25.7 Å². The number of rotatable bonds is 8. The lowest BCUT2D eigenvalue weighted by Crippen LogP contribution is -2.27. The Kier molecular flexibility index (Phi) is 5.63. The number of nitrogens with one attached hydrogen (secondary N) is 3. The number of aryl methyl sites for hydroxylation is 1. The van der Waals surface area contributed by atoms with Crippen LogP contribution >= 0.6 is 11.6 Å². The Hall–Kier alpha value is -3.07. The second-order valence-electron chi connectivity index (χ2n) is 7.37. The van der Waals surface area contributed by atoms with Crippen LogP contribution in [0, 0.1) is 0 Å². The first kappa shape index (κ1) is 20.2. The largest absolute Gasteiger partial charge is 0.385 e. The van der Waals surface area contributed by atoms with Crippen molar-refractivity contribution in [2.45, 2.75) is 45.2 Å². The van der Waals surface area contributed by atoms with Gasteiger partial charge in [-0.25, -0.2) is 9.50 Å². The van der Waals surface area contributed by atoms with E-state index >= 15 is 0 Å². The molecule has 1 amide bonds. The maximum Gasteiger partial charge on any atom is 0.274 e. The summed E-state index contributed by atoms with van der Waals surface area (Å²) < 4.78 is 3.07. The van der Waals surface area contributed by atoms with Crippen molar-refractivity contribution in [3.63, 3.8) is 0 Å². The molecular weight excluding hydrogens is 406 g/mol. The van der Waals surface area contributed by atoms with Gasteiger partial charge in [0.25, 0.3) is 11.5 Å². The lowest BCUT2D eigenvalue weighted by molar-refractivity contribution is 0.0944. The lowest BCUT2D eigenvalue weighted by Gasteiger charge is -2.12. The number of carbonyl (C=O) groups excluding carboxylic acids is 1. The van der Waals surface area contributed by atoms with Gasteiger partial charge in [-0.15, -0.1) is 5.10 Å². The zero-order chi connectivity index (χ0) is 21.3. The number of pyridine rings is 1. The zero-order valence-corrected chi connectivity index (χ0v) is 17.7. The number of fused-ring (bicyclic) bond motifs is 1. The van der Waals surface area contributed by atoms with Crippen molar-refractivity contribution in [1.82, 2.24) is 24.5 Å². The maximum absolute atomic E-state index is 12.8. The van der Waals surface area contributed by atoms with Crippen molar-refractivity contribution >= 4 is 40.3 Å². The van der Waals surface area contributed by atoms with Crippen LogP contribution in [0.1, 0.15) is 43.1 Å². The number of hydrogen-bond donors (Lipinski definition) is 3. The molecule has 10 heteroatoms. The molecule has 0 atom stereocenters. The van der Waals surface area contributed by atoms with E-state index in [9.17, 15) is 9.59 Å². The molecule has 30 heavy (non-hydrogen) atoms. The summed E-state index contributed by atoms with van der Waals surface area (Å²) in [6.45, 7) is 2.65. The zero-order valence-electron chi connectivity index (χ0n) is 16.9. The molecule has 3 N–H and O–H groups in total. The fourth-order valence-electron chi connectivity index (χ4n) is 3.18. The summed E-state index contributed by atoms with van der Waals surface area (Å²) in [7, 11) is 1.76. The van der Waals surface area contributed by atoms with Gasteiger partial charge in [-0.05, 0) is 25.3 Å². The first-order valence-electron chi connectivity index (χ1n) is 10.0. The number of nitrogens with zero attached hydrogens (tertiary/aromatic N) is 4. The third kappa shape index (κ3) is 4.11. The Labute approximate surface area is 178 Å². The molecule has 3 aromatic heterocycles. The SMILES string of the molecule is CCCCn1cc(Cl)cc(Nc2cc(NC)c3ncc(C(=O)NC4CC4)n3n2)c1=O. The van der Waals surface area contributed by atoms with E-state index in [1.807, 2.05) is 0 Å². The fourth-order valence-corrected chi connectivity index (χ4v) is 3.40. The second kappa shape index (κ2) is 8.35. The Balaban J connectivity index is 1.71. The Morgan fingerprint density at radius 3 is 2.80 bits per heavy atom. The first-order valence-corrected chi connectivity index (χ1v) is 10.4. The molecular formula is C20H24ClN7O2. The number of hydrogen-bond acceptors (Lipinski definition) is 6. The number of carbonyl (C=O) groups is 1. The van der Waals surface area contributed by atoms with Crippen LogP contribution in [-0.4, -0.2) is 38.2 Å². The third-order valence-electron chi connectivity index (χ3n) is 4.95. The average Bonchev–Trinajstić information content (AvgIpc) is 3.43. The molecule has 9 nitrogen and oxygen atoms in total. The molecule has 1 aliphatic rings. The van der Waals surface area contributed by atoms with Crippen molar-refractivity contribution in [3.8, 4) is 0 Å². The van der Waals surface area contributed by atoms with Gasteiger partial charge in [0.1, 0.15) is 5.69 Å². The van der Waals surface area contributed by atoms with Crippen LogP contribution in [0.5, 0.6) is 0 Å². The van der Waals surface area contributed by atoms with Gasteiger partial charge in [-0.2, -0.15) is 0 Å². The van der Waals surface area contributed by atoms with Crippen LogP contribution in [0.4, 0.5) is 17.2 Å². The normalized spacial score (nSPS) is 13.4. The summed E-state index contributed by atoms with van der Waals surface area (Å²) in [4.78, 5) is 29.7. The summed E-state index contributed by atoms with van der Waals surface area (Å²) in [6.07, 6.45) is 6.96. The van der Waals surface area contributed by atoms with Gasteiger partial charge in [0.15, 0.2) is 17.2 Å². The minimum absolute atomic E-state index is 0.182. The maximum atomic E-state index is 12.8. The van der Waals surface area contributed by atoms with Gasteiger partial charge in [0.2, 0.25) is 0 Å². The predicted molar refractivity (Wildman–Crippen MR) is 117 cm³/mol. The number of halogens is 1. The molecule has 0 saturated heterocycles. The average molecular weight is 430 g/mol. The molecule has 1 fully saturated rings.